The molecule has 158 valence electrons. The molecule has 0 spiro atoms. The Labute approximate surface area is 172 Å². The molecule has 1 aromatic heterocycles. The molecule has 5 rings (SSSR count). The summed E-state index contributed by atoms with van der Waals surface area (Å²) < 4.78 is 39.9. The summed E-state index contributed by atoms with van der Waals surface area (Å²) in [5.74, 6) is -2.11. The van der Waals surface area contributed by atoms with Crippen LogP contribution in [0.2, 0.25) is 0 Å². The zero-order valence-corrected chi connectivity index (χ0v) is 16.6. The first-order chi connectivity index (χ1) is 14.5. The van der Waals surface area contributed by atoms with Crippen LogP contribution in [-0.4, -0.2) is 35.0 Å². The van der Waals surface area contributed by atoms with Crippen molar-refractivity contribution in [1.29, 1.82) is 0 Å². The predicted octanol–water partition coefficient (Wildman–Crippen LogP) is 4.36. The highest BCUT2D eigenvalue weighted by Gasteiger charge is 2.36. The van der Waals surface area contributed by atoms with Crippen molar-refractivity contribution in [1.82, 2.24) is 20.5 Å². The summed E-state index contributed by atoms with van der Waals surface area (Å²) in [6.45, 7) is 0.608. The number of hydrogen-bond donors (Lipinski definition) is 3. The molecule has 3 heterocycles. The van der Waals surface area contributed by atoms with Crippen molar-refractivity contribution in [3.05, 3.63) is 53.1 Å². The van der Waals surface area contributed by atoms with Crippen LogP contribution in [0.15, 0.2) is 35.1 Å². The first kappa shape index (κ1) is 19.0. The maximum Gasteiger partial charge on any atom is 0.194 e. The third-order valence-corrected chi connectivity index (χ3v) is 6.20. The van der Waals surface area contributed by atoms with E-state index >= 15 is 0 Å². The molecule has 6 nitrogen and oxygen atoms in total. The highest BCUT2D eigenvalue weighted by Crippen LogP contribution is 2.42. The van der Waals surface area contributed by atoms with Gasteiger partial charge in [-0.2, -0.15) is 0 Å². The summed E-state index contributed by atoms with van der Waals surface area (Å²) in [5.41, 5.74) is 7.20. The normalized spacial score (nSPS) is 23.4. The van der Waals surface area contributed by atoms with E-state index in [1.54, 1.807) is 0 Å². The molecule has 1 aliphatic carbocycles. The Morgan fingerprint density at radius 2 is 1.87 bits per heavy atom. The smallest absolute Gasteiger partial charge is 0.194 e. The average Bonchev–Trinajstić information content (AvgIpc) is 3.35. The van der Waals surface area contributed by atoms with Crippen LogP contribution in [0.4, 0.5) is 24.7 Å². The Morgan fingerprint density at radius 3 is 2.60 bits per heavy atom. The molecule has 1 saturated carbocycles. The second-order valence-electron chi connectivity index (χ2n) is 8.08. The number of allylic oxidation sites excluding steroid dienone is 1. The second-order valence-corrected chi connectivity index (χ2v) is 8.08. The number of anilines is 1. The Hall–Kier alpha value is -2.94. The van der Waals surface area contributed by atoms with E-state index in [1.807, 2.05) is 35.8 Å². The quantitative estimate of drug-likeness (QED) is 0.649. The Morgan fingerprint density at radius 1 is 1.13 bits per heavy atom. The zero-order valence-electron chi connectivity index (χ0n) is 16.6. The zero-order chi connectivity index (χ0) is 20.8. The lowest BCUT2D eigenvalue weighted by atomic mass is 9.79. The fourth-order valence-electron chi connectivity index (χ4n) is 4.59. The molecule has 2 aliphatic heterocycles. The van der Waals surface area contributed by atoms with Crippen molar-refractivity contribution < 1.29 is 13.2 Å². The Bertz CT molecular complexity index is 998. The van der Waals surface area contributed by atoms with Crippen LogP contribution in [0.25, 0.3) is 5.70 Å². The van der Waals surface area contributed by atoms with Gasteiger partial charge >= 0.3 is 0 Å². The van der Waals surface area contributed by atoms with Gasteiger partial charge in [-0.15, -0.1) is 5.12 Å². The lowest BCUT2D eigenvalue weighted by Crippen LogP contribution is -2.40. The van der Waals surface area contributed by atoms with Crippen LogP contribution >= 0.6 is 0 Å². The van der Waals surface area contributed by atoms with Crippen molar-refractivity contribution >= 4 is 23.5 Å². The van der Waals surface area contributed by atoms with E-state index in [4.69, 9.17) is 0 Å². The number of hydrogen-bond acceptors (Lipinski definition) is 5. The van der Waals surface area contributed by atoms with Gasteiger partial charge in [-0.25, -0.2) is 23.2 Å². The van der Waals surface area contributed by atoms with E-state index in [2.05, 4.69) is 20.7 Å². The highest BCUT2D eigenvalue weighted by atomic mass is 19.2. The molecule has 0 saturated heterocycles. The molecule has 3 aliphatic rings. The number of nitrogens with one attached hydrogen (secondary N) is 3. The van der Waals surface area contributed by atoms with Crippen molar-refractivity contribution in [2.45, 2.75) is 25.7 Å². The van der Waals surface area contributed by atoms with E-state index in [9.17, 15) is 13.2 Å². The molecule has 0 radical (unpaired) electrons. The van der Waals surface area contributed by atoms with Crippen molar-refractivity contribution in [2.75, 3.05) is 18.9 Å². The first-order valence-electron chi connectivity index (χ1n) is 10.2. The molecule has 30 heavy (non-hydrogen) atoms. The lowest BCUT2D eigenvalue weighted by Gasteiger charge is -2.30. The predicted molar refractivity (Wildman–Crippen MR) is 109 cm³/mol. The molecule has 1 fully saturated rings. The monoisotopic (exact) mass is 416 g/mol. The molecule has 3 N–H and O–H groups in total. The first-order valence-corrected chi connectivity index (χ1v) is 10.2. The summed E-state index contributed by atoms with van der Waals surface area (Å²) in [7, 11) is 1.97. The summed E-state index contributed by atoms with van der Waals surface area (Å²) in [5, 5.41) is 7.02. The van der Waals surface area contributed by atoms with Crippen molar-refractivity contribution in [3.63, 3.8) is 0 Å². The van der Waals surface area contributed by atoms with Crippen molar-refractivity contribution in [3.8, 4) is 0 Å². The van der Waals surface area contributed by atoms with Crippen LogP contribution in [0, 0.1) is 29.3 Å². The van der Waals surface area contributed by atoms with E-state index < -0.39 is 17.5 Å². The van der Waals surface area contributed by atoms with Crippen LogP contribution in [0.5, 0.6) is 0 Å². The largest absolute Gasteiger partial charge is 0.385 e. The third-order valence-electron chi connectivity index (χ3n) is 6.20. The molecule has 2 aromatic rings. The summed E-state index contributed by atoms with van der Waals surface area (Å²) in [6.07, 6.45) is 7.74. The van der Waals surface area contributed by atoms with E-state index in [0.717, 1.165) is 54.9 Å². The lowest BCUT2D eigenvalue weighted by molar-refractivity contribution is 0.114. The minimum atomic E-state index is -1.43. The standard InChI is InChI=1S/C21H23F3N6/c1-29-28-19(20-15-6-7-25-21(15)27-11-30(20)29)13-4-2-12(3-5-13)10-26-14-8-16(22)18(24)17(23)9-14/h6-9,11-13,25-26,28H,2-5,10H2,1H3. The van der Waals surface area contributed by atoms with Gasteiger partial charge in [0, 0.05) is 49.1 Å². The molecule has 1 aromatic carbocycles. The highest BCUT2D eigenvalue weighted by molar-refractivity contribution is 5.87. The maximum absolute atomic E-state index is 13.4. The minimum absolute atomic E-state index is 0.273. The number of rotatable bonds is 4. The van der Waals surface area contributed by atoms with Gasteiger partial charge in [0.25, 0.3) is 0 Å². The van der Waals surface area contributed by atoms with Crippen LogP contribution in [-0.2, 0) is 0 Å². The Kier molecular flexibility index (Phi) is 4.69. The molecular weight excluding hydrogens is 393 g/mol. The van der Waals surface area contributed by atoms with E-state index in [1.165, 1.54) is 5.70 Å². The van der Waals surface area contributed by atoms with Gasteiger partial charge < -0.3 is 15.7 Å². The number of nitrogens with zero attached hydrogens (tertiary/aromatic N) is 3. The molecular formula is C21H23F3N6. The third kappa shape index (κ3) is 3.23. The Balaban J connectivity index is 1.24. The van der Waals surface area contributed by atoms with E-state index in [-0.39, 0.29) is 5.69 Å². The molecule has 0 amide bonds. The van der Waals surface area contributed by atoms with Gasteiger partial charge in [-0.3, -0.25) is 0 Å². The number of H-pyrrole nitrogens is 1. The number of hydrazine groups is 2. The van der Waals surface area contributed by atoms with E-state index in [0.29, 0.717) is 18.4 Å². The fraction of sp³-hybridized carbons (Fsp3) is 0.381. The molecule has 9 heteroatoms. The van der Waals surface area contributed by atoms with Gasteiger partial charge in [0.05, 0.1) is 11.4 Å². The van der Waals surface area contributed by atoms with Crippen LogP contribution < -0.4 is 10.7 Å². The van der Waals surface area contributed by atoms with Gasteiger partial charge in [-0.1, -0.05) is 0 Å². The second kappa shape index (κ2) is 7.39. The SMILES string of the molecule is CN1NC(C2CCC(CNc3cc(F)c(F)c(F)c3)CC2)=C2c3cc[nH]c3N=CN21. The fourth-order valence-corrected chi connectivity index (χ4v) is 4.59. The number of aromatic nitrogens is 1. The number of aliphatic imine (C=N–C) groups is 1. The summed E-state index contributed by atoms with van der Waals surface area (Å²) in [4.78, 5) is 7.62. The molecule has 0 bridgehead atoms. The minimum Gasteiger partial charge on any atom is -0.385 e. The van der Waals surface area contributed by atoms with Gasteiger partial charge in [0.1, 0.15) is 12.2 Å². The van der Waals surface area contributed by atoms with Crippen LogP contribution in [0.3, 0.4) is 0 Å². The number of fused-ring (bicyclic) bond motifs is 3. The molecule has 0 atom stereocenters. The summed E-state index contributed by atoms with van der Waals surface area (Å²) in [6, 6.07) is 4.05. The summed E-state index contributed by atoms with van der Waals surface area (Å²) >= 11 is 0. The van der Waals surface area contributed by atoms with Gasteiger partial charge in [-0.05, 0) is 37.7 Å². The van der Waals surface area contributed by atoms with Crippen LogP contribution in [0.1, 0.15) is 31.2 Å². The number of benzene rings is 1. The topological polar surface area (TPSA) is 58.7 Å². The molecule has 0 unspecified atom stereocenters. The van der Waals surface area contributed by atoms with Gasteiger partial charge in [0.2, 0.25) is 0 Å². The number of aromatic amines is 1. The average molecular weight is 416 g/mol. The van der Waals surface area contributed by atoms with Gasteiger partial charge in [0.15, 0.2) is 17.5 Å². The number of halogens is 3. The maximum atomic E-state index is 13.4. The van der Waals surface area contributed by atoms with Crippen molar-refractivity contribution in [2.24, 2.45) is 16.8 Å².